The molecule has 0 fully saturated rings. The van der Waals surface area contributed by atoms with E-state index in [0.717, 1.165) is 0 Å². The van der Waals surface area contributed by atoms with Gasteiger partial charge in [0.15, 0.2) is 0 Å². The maximum atomic E-state index is 12.7. The number of halogens is 1. The third-order valence-electron chi connectivity index (χ3n) is 3.10. The number of urea groups is 1. The summed E-state index contributed by atoms with van der Waals surface area (Å²) in [5, 5.41) is 6.64. The highest BCUT2D eigenvalue weighted by atomic mass is 19.1. The third-order valence-corrected chi connectivity index (χ3v) is 3.10. The van der Waals surface area contributed by atoms with Gasteiger partial charge in [0.25, 0.3) is 0 Å². The summed E-state index contributed by atoms with van der Waals surface area (Å²) < 4.78 is 23.1. The molecule has 0 aliphatic rings. The summed E-state index contributed by atoms with van der Waals surface area (Å²) in [5.41, 5.74) is 0.708. The number of carbonyl (C=O) groups is 1. The monoisotopic (exact) mass is 321 g/mol. The molecule has 1 aromatic heterocycles. The summed E-state index contributed by atoms with van der Waals surface area (Å²) in [5.74, 6) is 1.03. The number of aryl methyl sites for hydroxylation is 1. The Kier molecular flexibility index (Phi) is 5.96. The number of ether oxygens (including phenoxy) is 1. The van der Waals surface area contributed by atoms with Gasteiger partial charge < -0.3 is 19.5 Å². The fourth-order valence-electron chi connectivity index (χ4n) is 1.93. The van der Waals surface area contributed by atoms with Crippen LogP contribution in [0.5, 0.6) is 5.75 Å². The smallest absolute Gasteiger partial charge is 0.317 e. The number of carbonyl (C=O) groups excluding carboxylic acids is 1. The predicted molar refractivity (Wildman–Crippen MR) is 82.6 cm³/mol. The van der Waals surface area contributed by atoms with E-state index in [9.17, 15) is 9.18 Å². The summed E-state index contributed by atoms with van der Waals surface area (Å²) in [7, 11) is 1.69. The first-order valence-electron chi connectivity index (χ1n) is 7.34. The highest BCUT2D eigenvalue weighted by Crippen LogP contribution is 2.11. The van der Waals surface area contributed by atoms with Crippen molar-refractivity contribution in [3.8, 4) is 5.75 Å². The van der Waals surface area contributed by atoms with Gasteiger partial charge in [0.05, 0.1) is 13.2 Å². The summed E-state index contributed by atoms with van der Waals surface area (Å²) in [4.78, 5) is 13.4. The molecule has 0 aliphatic carbocycles. The van der Waals surface area contributed by atoms with Crippen LogP contribution in [0.25, 0.3) is 0 Å². The normalized spacial score (nSPS) is 10.4. The molecule has 2 amide bonds. The lowest BCUT2D eigenvalue weighted by Crippen LogP contribution is -2.37. The molecule has 0 aliphatic heterocycles. The molecule has 0 unspecified atom stereocenters. The number of amides is 2. The fraction of sp³-hybridized carbons (Fsp3) is 0.375. The minimum Gasteiger partial charge on any atom is -0.494 e. The molecule has 124 valence electrons. The Hall–Kier alpha value is -2.57. The minimum atomic E-state index is -0.296. The van der Waals surface area contributed by atoms with E-state index in [4.69, 9.17) is 9.26 Å². The molecule has 0 spiro atoms. The number of aromatic nitrogens is 1. The van der Waals surface area contributed by atoms with Gasteiger partial charge in [0.2, 0.25) is 0 Å². The standard InChI is InChI=1S/C16H20FN3O3/c1-12-10-14(19-23-12)11-20(2)16(21)18-8-3-9-22-15-6-4-13(17)5-7-15/h4-7,10H,3,8-9,11H2,1-2H3,(H,18,21). The van der Waals surface area contributed by atoms with Crippen LogP contribution in [0.1, 0.15) is 17.9 Å². The molecule has 1 aromatic carbocycles. The molecule has 6 nitrogen and oxygen atoms in total. The molecular formula is C16H20FN3O3. The van der Waals surface area contributed by atoms with Crippen molar-refractivity contribution in [3.05, 3.63) is 47.6 Å². The van der Waals surface area contributed by atoms with Crippen LogP contribution < -0.4 is 10.1 Å². The van der Waals surface area contributed by atoms with Crippen LogP contribution in [0.15, 0.2) is 34.9 Å². The average Bonchev–Trinajstić information content (AvgIpc) is 2.93. The molecule has 2 aromatic rings. The van der Waals surface area contributed by atoms with Gasteiger partial charge in [0.1, 0.15) is 23.0 Å². The zero-order valence-electron chi connectivity index (χ0n) is 13.2. The summed E-state index contributed by atoms with van der Waals surface area (Å²) in [6, 6.07) is 7.44. The van der Waals surface area contributed by atoms with Crippen molar-refractivity contribution in [1.82, 2.24) is 15.4 Å². The zero-order valence-corrected chi connectivity index (χ0v) is 13.2. The van der Waals surface area contributed by atoms with Crippen LogP contribution in [0, 0.1) is 12.7 Å². The highest BCUT2D eigenvalue weighted by Gasteiger charge is 2.10. The predicted octanol–water partition coefficient (Wildman–Crippen LogP) is 2.73. The maximum Gasteiger partial charge on any atom is 0.317 e. The Morgan fingerprint density at radius 3 is 2.78 bits per heavy atom. The van der Waals surface area contributed by atoms with Crippen LogP contribution in [-0.2, 0) is 6.54 Å². The van der Waals surface area contributed by atoms with Crippen LogP contribution in [-0.4, -0.2) is 36.3 Å². The summed E-state index contributed by atoms with van der Waals surface area (Å²) in [6.45, 7) is 3.12. The number of nitrogens with one attached hydrogen (secondary N) is 1. The largest absolute Gasteiger partial charge is 0.494 e. The van der Waals surface area contributed by atoms with E-state index in [0.29, 0.717) is 43.3 Å². The molecule has 23 heavy (non-hydrogen) atoms. The van der Waals surface area contributed by atoms with E-state index in [1.807, 2.05) is 0 Å². The molecule has 1 N–H and O–H groups in total. The number of hydrogen-bond donors (Lipinski definition) is 1. The second-order valence-corrected chi connectivity index (χ2v) is 5.17. The first kappa shape index (κ1) is 16.8. The lowest BCUT2D eigenvalue weighted by Gasteiger charge is -2.16. The topological polar surface area (TPSA) is 67.6 Å². The van der Waals surface area contributed by atoms with Crippen molar-refractivity contribution in [2.75, 3.05) is 20.2 Å². The molecule has 0 bridgehead atoms. The van der Waals surface area contributed by atoms with Crippen LogP contribution in [0.3, 0.4) is 0 Å². The lowest BCUT2D eigenvalue weighted by molar-refractivity contribution is 0.204. The van der Waals surface area contributed by atoms with Gasteiger partial charge in [-0.2, -0.15) is 0 Å². The Labute approximate surface area is 134 Å². The Morgan fingerprint density at radius 2 is 2.13 bits per heavy atom. The maximum absolute atomic E-state index is 12.7. The van der Waals surface area contributed by atoms with E-state index in [1.54, 1.807) is 32.2 Å². The van der Waals surface area contributed by atoms with E-state index < -0.39 is 0 Å². The quantitative estimate of drug-likeness (QED) is 0.796. The molecular weight excluding hydrogens is 301 g/mol. The molecule has 0 atom stereocenters. The van der Waals surface area contributed by atoms with Crippen molar-refractivity contribution < 1.29 is 18.4 Å². The summed E-state index contributed by atoms with van der Waals surface area (Å²) in [6.07, 6.45) is 0.653. The fourth-order valence-corrected chi connectivity index (χ4v) is 1.93. The van der Waals surface area contributed by atoms with Crippen LogP contribution in [0.4, 0.5) is 9.18 Å². The lowest BCUT2D eigenvalue weighted by atomic mass is 10.3. The average molecular weight is 321 g/mol. The van der Waals surface area contributed by atoms with Crippen molar-refractivity contribution in [2.45, 2.75) is 19.9 Å². The van der Waals surface area contributed by atoms with E-state index in [-0.39, 0.29) is 11.8 Å². The number of hydrogen-bond acceptors (Lipinski definition) is 4. The molecule has 2 rings (SSSR count). The van der Waals surface area contributed by atoms with Gasteiger partial charge in [0, 0.05) is 19.7 Å². The zero-order chi connectivity index (χ0) is 16.7. The van der Waals surface area contributed by atoms with Gasteiger partial charge >= 0.3 is 6.03 Å². The van der Waals surface area contributed by atoms with Gasteiger partial charge in [-0.05, 0) is 37.6 Å². The van der Waals surface area contributed by atoms with Gasteiger partial charge in [-0.1, -0.05) is 5.16 Å². The first-order valence-corrected chi connectivity index (χ1v) is 7.34. The number of nitrogens with zero attached hydrogens (tertiary/aromatic N) is 2. The Morgan fingerprint density at radius 1 is 1.39 bits per heavy atom. The number of benzene rings is 1. The molecule has 7 heteroatoms. The summed E-state index contributed by atoms with van der Waals surface area (Å²) >= 11 is 0. The highest BCUT2D eigenvalue weighted by molar-refractivity contribution is 5.73. The second-order valence-electron chi connectivity index (χ2n) is 5.17. The SMILES string of the molecule is Cc1cc(CN(C)C(=O)NCCCOc2ccc(F)cc2)no1. The van der Waals surface area contributed by atoms with Gasteiger partial charge in [-0.3, -0.25) is 0 Å². The van der Waals surface area contributed by atoms with E-state index in [1.165, 1.54) is 17.0 Å². The minimum absolute atomic E-state index is 0.188. The van der Waals surface area contributed by atoms with Crippen LogP contribution in [0.2, 0.25) is 0 Å². The third kappa shape index (κ3) is 5.61. The van der Waals surface area contributed by atoms with Gasteiger partial charge in [-0.25, -0.2) is 9.18 Å². The van der Waals surface area contributed by atoms with Crippen LogP contribution >= 0.6 is 0 Å². The Bertz CT molecular complexity index is 628. The first-order chi connectivity index (χ1) is 11.0. The van der Waals surface area contributed by atoms with Crippen molar-refractivity contribution >= 4 is 6.03 Å². The Balaban J connectivity index is 1.61. The molecule has 1 heterocycles. The van der Waals surface area contributed by atoms with Crippen molar-refractivity contribution in [1.29, 1.82) is 0 Å². The van der Waals surface area contributed by atoms with Gasteiger partial charge in [-0.15, -0.1) is 0 Å². The van der Waals surface area contributed by atoms with Crippen molar-refractivity contribution in [2.24, 2.45) is 0 Å². The molecule has 0 radical (unpaired) electrons. The second kappa shape index (κ2) is 8.17. The molecule has 0 saturated carbocycles. The van der Waals surface area contributed by atoms with E-state index >= 15 is 0 Å². The number of rotatable bonds is 7. The van der Waals surface area contributed by atoms with E-state index in [2.05, 4.69) is 10.5 Å². The van der Waals surface area contributed by atoms with Crippen molar-refractivity contribution in [3.63, 3.8) is 0 Å². The molecule has 0 saturated heterocycles.